The normalized spacial score (nSPS) is 21.1. The maximum atomic E-state index is 6.06. The quantitative estimate of drug-likeness (QED) is 0.688. The van der Waals surface area contributed by atoms with E-state index in [9.17, 15) is 0 Å². The minimum Gasteiger partial charge on any atom is -0.464 e. The molecule has 1 atom stereocenters. The van der Waals surface area contributed by atoms with Crippen molar-refractivity contribution in [1.29, 1.82) is 0 Å². The van der Waals surface area contributed by atoms with Crippen molar-refractivity contribution in [3.05, 3.63) is 35.6 Å². The number of hydrogen-bond acceptors (Lipinski definition) is 2. The highest BCUT2D eigenvalue weighted by atomic mass is 16.3. The van der Waals surface area contributed by atoms with Crippen LogP contribution in [-0.4, -0.2) is 0 Å². The van der Waals surface area contributed by atoms with Crippen molar-refractivity contribution in [3.63, 3.8) is 0 Å². The standard InChI is InChI=1S/C12H13NO/c13-11-3-1-2-8-6-9-4-5-14-12(9)7-10(8)11/h4-7,11H,1-3,13H2. The van der Waals surface area contributed by atoms with Crippen LogP contribution >= 0.6 is 0 Å². The van der Waals surface area contributed by atoms with E-state index in [-0.39, 0.29) is 6.04 Å². The lowest BCUT2D eigenvalue weighted by Crippen LogP contribution is -2.17. The molecule has 2 N–H and O–H groups in total. The van der Waals surface area contributed by atoms with Gasteiger partial charge in [0.05, 0.1) is 6.26 Å². The van der Waals surface area contributed by atoms with Crippen molar-refractivity contribution in [1.82, 2.24) is 0 Å². The fraction of sp³-hybridized carbons (Fsp3) is 0.333. The van der Waals surface area contributed by atoms with Gasteiger partial charge in [-0.05, 0) is 48.6 Å². The molecule has 0 saturated carbocycles. The van der Waals surface area contributed by atoms with Gasteiger partial charge in [-0.25, -0.2) is 0 Å². The predicted molar refractivity (Wildman–Crippen MR) is 56.1 cm³/mol. The summed E-state index contributed by atoms with van der Waals surface area (Å²) in [6, 6.07) is 6.53. The Kier molecular flexibility index (Phi) is 1.64. The summed E-state index contributed by atoms with van der Waals surface area (Å²) in [5, 5.41) is 1.19. The van der Waals surface area contributed by atoms with Gasteiger partial charge in [0.1, 0.15) is 5.58 Å². The summed E-state index contributed by atoms with van der Waals surface area (Å²) in [5.74, 6) is 0. The molecule has 1 unspecified atom stereocenters. The Morgan fingerprint density at radius 1 is 1.36 bits per heavy atom. The molecule has 0 fully saturated rings. The van der Waals surface area contributed by atoms with Gasteiger partial charge in [0.2, 0.25) is 0 Å². The van der Waals surface area contributed by atoms with E-state index in [0.717, 1.165) is 18.4 Å². The minimum absolute atomic E-state index is 0.202. The zero-order valence-corrected chi connectivity index (χ0v) is 7.99. The lowest BCUT2D eigenvalue weighted by Gasteiger charge is -2.21. The lowest BCUT2D eigenvalue weighted by molar-refractivity contribution is 0.567. The number of nitrogens with two attached hydrogens (primary N) is 1. The highest BCUT2D eigenvalue weighted by molar-refractivity contribution is 5.79. The second-order valence-corrected chi connectivity index (χ2v) is 4.01. The largest absolute Gasteiger partial charge is 0.464 e. The highest BCUT2D eigenvalue weighted by Crippen LogP contribution is 2.31. The molecular formula is C12H13NO. The van der Waals surface area contributed by atoms with E-state index in [1.165, 1.54) is 22.9 Å². The van der Waals surface area contributed by atoms with Crippen LogP contribution < -0.4 is 5.73 Å². The summed E-state index contributed by atoms with van der Waals surface area (Å²) in [6.45, 7) is 0. The third-order valence-corrected chi connectivity index (χ3v) is 3.07. The highest BCUT2D eigenvalue weighted by Gasteiger charge is 2.17. The van der Waals surface area contributed by atoms with Crippen molar-refractivity contribution in [2.75, 3.05) is 0 Å². The summed E-state index contributed by atoms with van der Waals surface area (Å²) in [5.41, 5.74) is 9.70. The van der Waals surface area contributed by atoms with E-state index < -0.39 is 0 Å². The molecule has 3 rings (SSSR count). The number of hydrogen-bond donors (Lipinski definition) is 1. The van der Waals surface area contributed by atoms with Crippen LogP contribution in [0.15, 0.2) is 28.9 Å². The molecule has 1 heterocycles. The zero-order valence-electron chi connectivity index (χ0n) is 7.99. The topological polar surface area (TPSA) is 39.2 Å². The first-order chi connectivity index (χ1) is 6.84. The maximum Gasteiger partial charge on any atom is 0.134 e. The van der Waals surface area contributed by atoms with Crippen LogP contribution in [0.4, 0.5) is 0 Å². The van der Waals surface area contributed by atoms with Crippen LogP contribution in [0.1, 0.15) is 30.0 Å². The van der Waals surface area contributed by atoms with Crippen molar-refractivity contribution in [3.8, 4) is 0 Å². The number of furan rings is 1. The van der Waals surface area contributed by atoms with Gasteiger partial charge < -0.3 is 10.2 Å². The van der Waals surface area contributed by atoms with Gasteiger partial charge in [0.15, 0.2) is 0 Å². The van der Waals surface area contributed by atoms with Crippen molar-refractivity contribution >= 4 is 11.0 Å². The SMILES string of the molecule is NC1CCCc2cc3ccoc3cc21. The molecule has 0 amide bonds. The molecule has 2 heteroatoms. The van der Waals surface area contributed by atoms with Crippen molar-refractivity contribution < 1.29 is 4.42 Å². The van der Waals surface area contributed by atoms with Gasteiger partial charge in [-0.3, -0.25) is 0 Å². The van der Waals surface area contributed by atoms with Crippen LogP contribution in [0.5, 0.6) is 0 Å². The fourth-order valence-electron chi connectivity index (χ4n) is 2.30. The van der Waals surface area contributed by atoms with E-state index in [2.05, 4.69) is 12.1 Å². The molecule has 0 radical (unpaired) electrons. The summed E-state index contributed by atoms with van der Waals surface area (Å²) in [7, 11) is 0. The van der Waals surface area contributed by atoms with E-state index in [1.807, 2.05) is 6.07 Å². The van der Waals surface area contributed by atoms with Crippen molar-refractivity contribution in [2.24, 2.45) is 5.73 Å². The summed E-state index contributed by atoms with van der Waals surface area (Å²) in [6.07, 6.45) is 5.20. The first-order valence-corrected chi connectivity index (χ1v) is 5.10. The van der Waals surface area contributed by atoms with E-state index in [1.54, 1.807) is 6.26 Å². The van der Waals surface area contributed by atoms with Crippen LogP contribution in [0.2, 0.25) is 0 Å². The Morgan fingerprint density at radius 2 is 2.29 bits per heavy atom. The van der Waals surface area contributed by atoms with Gasteiger partial charge in [-0.1, -0.05) is 0 Å². The first kappa shape index (κ1) is 8.06. The molecule has 1 aliphatic carbocycles. The fourth-order valence-corrected chi connectivity index (χ4v) is 2.30. The molecule has 1 aromatic heterocycles. The molecule has 2 nitrogen and oxygen atoms in total. The Hall–Kier alpha value is -1.28. The third-order valence-electron chi connectivity index (χ3n) is 3.07. The second-order valence-electron chi connectivity index (χ2n) is 4.01. The Bertz CT molecular complexity index is 472. The minimum atomic E-state index is 0.202. The summed E-state index contributed by atoms with van der Waals surface area (Å²) in [4.78, 5) is 0. The van der Waals surface area contributed by atoms with Gasteiger partial charge in [-0.15, -0.1) is 0 Å². The predicted octanol–water partition coefficient (Wildman–Crippen LogP) is 2.77. The van der Waals surface area contributed by atoms with Gasteiger partial charge in [-0.2, -0.15) is 0 Å². The average molecular weight is 187 g/mol. The number of aryl methyl sites for hydroxylation is 1. The Balaban J connectivity index is 2.27. The summed E-state index contributed by atoms with van der Waals surface area (Å²) >= 11 is 0. The number of fused-ring (bicyclic) bond motifs is 2. The zero-order chi connectivity index (χ0) is 9.54. The molecule has 0 bridgehead atoms. The maximum absolute atomic E-state index is 6.06. The van der Waals surface area contributed by atoms with Crippen LogP contribution in [0, 0.1) is 0 Å². The molecular weight excluding hydrogens is 174 g/mol. The molecule has 0 saturated heterocycles. The molecule has 0 aliphatic heterocycles. The van der Waals surface area contributed by atoms with Gasteiger partial charge in [0, 0.05) is 11.4 Å². The van der Waals surface area contributed by atoms with Crippen LogP contribution in [0.25, 0.3) is 11.0 Å². The third kappa shape index (κ3) is 1.07. The lowest BCUT2D eigenvalue weighted by atomic mass is 9.87. The number of benzene rings is 1. The monoisotopic (exact) mass is 187 g/mol. The van der Waals surface area contributed by atoms with Gasteiger partial charge in [0.25, 0.3) is 0 Å². The average Bonchev–Trinajstić information content (AvgIpc) is 2.62. The van der Waals surface area contributed by atoms with Crippen LogP contribution in [-0.2, 0) is 6.42 Å². The van der Waals surface area contributed by atoms with E-state index in [4.69, 9.17) is 10.2 Å². The summed E-state index contributed by atoms with van der Waals surface area (Å²) < 4.78 is 5.38. The van der Waals surface area contributed by atoms with E-state index >= 15 is 0 Å². The first-order valence-electron chi connectivity index (χ1n) is 5.10. The molecule has 1 aromatic carbocycles. The Morgan fingerprint density at radius 3 is 3.21 bits per heavy atom. The van der Waals surface area contributed by atoms with Crippen molar-refractivity contribution in [2.45, 2.75) is 25.3 Å². The molecule has 0 spiro atoms. The van der Waals surface area contributed by atoms with Crippen LogP contribution in [0.3, 0.4) is 0 Å². The molecule has 14 heavy (non-hydrogen) atoms. The van der Waals surface area contributed by atoms with Gasteiger partial charge >= 0.3 is 0 Å². The van der Waals surface area contributed by atoms with E-state index in [0.29, 0.717) is 0 Å². The Labute approximate surface area is 82.7 Å². The second kappa shape index (κ2) is 2.85. The number of rotatable bonds is 0. The molecule has 2 aromatic rings. The molecule has 72 valence electrons. The molecule has 1 aliphatic rings. The smallest absolute Gasteiger partial charge is 0.134 e.